The Bertz CT molecular complexity index is 506. The van der Waals surface area contributed by atoms with Gasteiger partial charge in [0.2, 0.25) is 6.33 Å². The van der Waals surface area contributed by atoms with Crippen LogP contribution in [0.1, 0.15) is 10.6 Å². The summed E-state index contributed by atoms with van der Waals surface area (Å²) in [4.78, 5) is 18.6. The second-order valence-corrected chi connectivity index (χ2v) is 4.12. The van der Waals surface area contributed by atoms with E-state index in [1.165, 1.54) is 11.0 Å². The van der Waals surface area contributed by atoms with Gasteiger partial charge in [-0.1, -0.05) is 4.98 Å². The van der Waals surface area contributed by atoms with E-state index >= 15 is 0 Å². The Morgan fingerprint density at radius 3 is 2.94 bits per heavy atom. The first-order valence-electron chi connectivity index (χ1n) is 4.59. The fourth-order valence-electron chi connectivity index (χ4n) is 1.26. The van der Waals surface area contributed by atoms with Crippen LogP contribution in [0.3, 0.4) is 0 Å². The molecule has 8 heteroatoms. The second kappa shape index (κ2) is 4.35. The lowest BCUT2D eigenvalue weighted by atomic mass is 10.3. The molecule has 84 valence electrons. The molecule has 2 aromatic heterocycles. The molecule has 0 aliphatic carbocycles. The van der Waals surface area contributed by atoms with Crippen LogP contribution in [-0.4, -0.2) is 24.7 Å². The number of nitro groups is 1. The van der Waals surface area contributed by atoms with Crippen molar-refractivity contribution >= 4 is 17.3 Å². The summed E-state index contributed by atoms with van der Waals surface area (Å²) >= 11 is 1.58. The molecule has 0 aromatic carbocycles. The van der Waals surface area contributed by atoms with Gasteiger partial charge in [0.15, 0.2) is 0 Å². The van der Waals surface area contributed by atoms with E-state index in [1.54, 1.807) is 16.8 Å². The first-order chi connectivity index (χ1) is 7.66. The van der Waals surface area contributed by atoms with Gasteiger partial charge in [-0.2, -0.15) is 4.68 Å². The minimum Gasteiger partial charge on any atom is -0.390 e. The maximum Gasteiger partial charge on any atom is 0.490 e. The topological polar surface area (TPSA) is 86.7 Å². The van der Waals surface area contributed by atoms with E-state index < -0.39 is 4.92 Å². The molecule has 16 heavy (non-hydrogen) atoms. The summed E-state index contributed by atoms with van der Waals surface area (Å²) in [6.45, 7) is 2.51. The highest BCUT2D eigenvalue weighted by molar-refractivity contribution is 7.09. The molecule has 0 spiro atoms. The summed E-state index contributed by atoms with van der Waals surface area (Å²) in [5, 5.41) is 14.1. The van der Waals surface area contributed by atoms with Gasteiger partial charge in [0.05, 0.1) is 17.7 Å². The number of nitrogens with zero attached hydrogens (tertiary/aromatic N) is 5. The highest BCUT2D eigenvalue weighted by atomic mass is 32.1. The average molecular weight is 239 g/mol. The Balaban J connectivity index is 2.00. The lowest BCUT2D eigenvalue weighted by Gasteiger charge is -1.95. The summed E-state index contributed by atoms with van der Waals surface area (Å²) in [5.41, 5.74) is 2.79. The van der Waals surface area contributed by atoms with Crippen LogP contribution in [0.2, 0.25) is 0 Å². The Labute approximate surface area is 94.9 Å². The number of hydrogen-bond acceptors (Lipinski definition) is 6. The molecule has 7 nitrogen and oxygen atoms in total. The zero-order valence-corrected chi connectivity index (χ0v) is 9.35. The molecule has 0 unspecified atom stereocenters. The van der Waals surface area contributed by atoms with E-state index in [0.717, 1.165) is 17.0 Å². The summed E-state index contributed by atoms with van der Waals surface area (Å²) in [5.74, 6) is -0.360. The standard InChI is InChI=1S/C8H9N5O2S/c1-6-7(16-5-10-6)2-3-12-4-9-8(11-12)13(14)15/h4-5H,2-3H2,1H3. The SMILES string of the molecule is Cc1ncsc1CCn1cnc([N+](=O)[O-])n1. The van der Waals surface area contributed by atoms with Gasteiger partial charge in [-0.25, -0.2) is 4.98 Å². The molecular weight excluding hydrogens is 230 g/mol. The van der Waals surface area contributed by atoms with Crippen molar-refractivity contribution in [3.63, 3.8) is 0 Å². The van der Waals surface area contributed by atoms with E-state index in [9.17, 15) is 10.1 Å². The van der Waals surface area contributed by atoms with Crippen LogP contribution in [0.4, 0.5) is 5.95 Å². The van der Waals surface area contributed by atoms with Crippen molar-refractivity contribution in [2.24, 2.45) is 0 Å². The van der Waals surface area contributed by atoms with Crippen LogP contribution in [0.25, 0.3) is 0 Å². The number of aromatic nitrogens is 4. The fraction of sp³-hybridized carbons (Fsp3) is 0.375. The van der Waals surface area contributed by atoms with Crippen LogP contribution in [0, 0.1) is 17.0 Å². The van der Waals surface area contributed by atoms with Gasteiger partial charge < -0.3 is 10.1 Å². The van der Waals surface area contributed by atoms with E-state index in [4.69, 9.17) is 0 Å². The van der Waals surface area contributed by atoms with Crippen molar-refractivity contribution in [2.75, 3.05) is 0 Å². The third kappa shape index (κ3) is 2.22. The number of rotatable bonds is 4. The quantitative estimate of drug-likeness (QED) is 0.591. The van der Waals surface area contributed by atoms with Crippen molar-refractivity contribution in [3.05, 3.63) is 32.5 Å². The first kappa shape index (κ1) is 10.7. The molecule has 0 aliphatic rings. The highest BCUT2D eigenvalue weighted by Gasteiger charge is 2.13. The van der Waals surface area contributed by atoms with Gasteiger partial charge in [-0.15, -0.1) is 11.3 Å². The largest absolute Gasteiger partial charge is 0.490 e. The van der Waals surface area contributed by atoms with Crippen LogP contribution in [-0.2, 0) is 13.0 Å². The number of hydrogen-bond donors (Lipinski definition) is 0. The smallest absolute Gasteiger partial charge is 0.390 e. The Morgan fingerprint density at radius 1 is 1.56 bits per heavy atom. The van der Waals surface area contributed by atoms with Crippen molar-refractivity contribution < 1.29 is 4.92 Å². The van der Waals surface area contributed by atoms with Crippen LogP contribution < -0.4 is 0 Å². The van der Waals surface area contributed by atoms with Gasteiger partial charge in [-0.3, -0.25) is 0 Å². The molecule has 0 atom stereocenters. The predicted octanol–water partition coefficient (Wildman–Crippen LogP) is 1.19. The van der Waals surface area contributed by atoms with Gasteiger partial charge in [0.25, 0.3) is 0 Å². The average Bonchev–Trinajstić information content (AvgIpc) is 2.83. The second-order valence-electron chi connectivity index (χ2n) is 3.18. The highest BCUT2D eigenvalue weighted by Crippen LogP contribution is 2.13. The molecule has 0 radical (unpaired) electrons. The maximum absolute atomic E-state index is 10.4. The van der Waals surface area contributed by atoms with Crippen LogP contribution in [0.15, 0.2) is 11.8 Å². The third-order valence-corrected chi connectivity index (χ3v) is 3.10. The van der Waals surface area contributed by atoms with E-state index in [2.05, 4.69) is 15.1 Å². The summed E-state index contributed by atoms with van der Waals surface area (Å²) in [7, 11) is 0. The molecular formula is C8H9N5O2S. The van der Waals surface area contributed by atoms with Crippen molar-refractivity contribution in [3.8, 4) is 0 Å². The Morgan fingerprint density at radius 2 is 2.38 bits per heavy atom. The molecule has 0 saturated carbocycles. The summed E-state index contributed by atoms with van der Waals surface area (Å²) in [6.07, 6.45) is 2.13. The first-order valence-corrected chi connectivity index (χ1v) is 5.47. The van der Waals surface area contributed by atoms with E-state index in [0.29, 0.717) is 6.54 Å². The fourth-order valence-corrected chi connectivity index (χ4v) is 2.03. The lowest BCUT2D eigenvalue weighted by Crippen LogP contribution is -2.02. The minimum atomic E-state index is -0.603. The Hall–Kier alpha value is -1.83. The monoisotopic (exact) mass is 239 g/mol. The molecule has 2 heterocycles. The molecule has 0 bridgehead atoms. The summed E-state index contributed by atoms with van der Waals surface area (Å²) < 4.78 is 1.47. The predicted molar refractivity (Wildman–Crippen MR) is 57.2 cm³/mol. The maximum atomic E-state index is 10.4. The number of thiazole rings is 1. The van der Waals surface area contributed by atoms with E-state index in [-0.39, 0.29) is 5.95 Å². The minimum absolute atomic E-state index is 0.360. The van der Waals surface area contributed by atoms with Gasteiger partial charge in [-0.05, 0) is 11.8 Å². The zero-order chi connectivity index (χ0) is 11.5. The normalized spacial score (nSPS) is 10.6. The van der Waals surface area contributed by atoms with E-state index in [1.807, 2.05) is 6.92 Å². The van der Waals surface area contributed by atoms with Crippen LogP contribution >= 0.6 is 11.3 Å². The van der Waals surface area contributed by atoms with Crippen molar-refractivity contribution in [1.29, 1.82) is 0 Å². The van der Waals surface area contributed by atoms with Gasteiger partial charge >= 0.3 is 5.95 Å². The third-order valence-electron chi connectivity index (χ3n) is 2.10. The van der Waals surface area contributed by atoms with Crippen LogP contribution in [0.5, 0.6) is 0 Å². The molecule has 0 N–H and O–H groups in total. The van der Waals surface area contributed by atoms with Gasteiger partial charge in [0.1, 0.15) is 0 Å². The zero-order valence-electron chi connectivity index (χ0n) is 8.53. The number of aryl methyl sites for hydroxylation is 3. The molecule has 0 saturated heterocycles. The van der Waals surface area contributed by atoms with Gasteiger partial charge in [0, 0.05) is 16.4 Å². The van der Waals surface area contributed by atoms with Crippen molar-refractivity contribution in [1.82, 2.24) is 19.7 Å². The molecule has 2 aromatic rings. The molecule has 0 fully saturated rings. The molecule has 2 rings (SSSR count). The molecule has 0 aliphatic heterocycles. The molecule has 0 amide bonds. The summed E-state index contributed by atoms with van der Waals surface area (Å²) in [6, 6.07) is 0. The Kier molecular flexibility index (Phi) is 2.91. The van der Waals surface area contributed by atoms with Crippen molar-refractivity contribution in [2.45, 2.75) is 19.9 Å². The lowest BCUT2D eigenvalue weighted by molar-refractivity contribution is -0.394.